The predicted octanol–water partition coefficient (Wildman–Crippen LogP) is 5.46. The standard InChI is InChI=1S/C20H22/c1-16-8-6-12-20(15-14-16)18(3)10-7-13-19-11-5-4-9-17(19)2/h4-11,13-15,17-18H,1-3H3/b10-7-,19-13-. The van der Waals surface area contributed by atoms with Crippen molar-refractivity contribution in [3.8, 4) is 0 Å². The highest BCUT2D eigenvalue weighted by molar-refractivity contribution is 5.37. The molecule has 0 aromatic heterocycles. The minimum atomic E-state index is 0.372. The molecule has 20 heavy (non-hydrogen) atoms. The predicted molar refractivity (Wildman–Crippen MR) is 88.3 cm³/mol. The highest BCUT2D eigenvalue weighted by Gasteiger charge is 2.04. The van der Waals surface area contributed by atoms with Gasteiger partial charge in [-0.05, 0) is 24.5 Å². The molecule has 0 fully saturated rings. The molecule has 0 aliphatic heterocycles. The van der Waals surface area contributed by atoms with Crippen LogP contribution in [0.1, 0.15) is 20.8 Å². The maximum atomic E-state index is 3.34. The first kappa shape index (κ1) is 14.4. The monoisotopic (exact) mass is 262 g/mol. The van der Waals surface area contributed by atoms with Crippen molar-refractivity contribution < 1.29 is 0 Å². The molecule has 102 valence electrons. The van der Waals surface area contributed by atoms with Gasteiger partial charge in [0.25, 0.3) is 0 Å². The summed E-state index contributed by atoms with van der Waals surface area (Å²) >= 11 is 0. The number of hydrogen-bond donors (Lipinski definition) is 0. The van der Waals surface area contributed by atoms with Gasteiger partial charge in [0.05, 0.1) is 0 Å². The fraction of sp³-hybridized carbons (Fsp3) is 0.250. The molecule has 0 heterocycles. The normalized spacial score (nSPS) is 24.9. The molecule has 2 aliphatic rings. The molecule has 0 N–H and O–H groups in total. The van der Waals surface area contributed by atoms with Crippen molar-refractivity contribution in [1.82, 2.24) is 0 Å². The Kier molecular flexibility index (Phi) is 4.98. The number of allylic oxidation sites excluding steroid dienone is 13. The summed E-state index contributed by atoms with van der Waals surface area (Å²) in [6.45, 7) is 6.53. The lowest BCUT2D eigenvalue weighted by Gasteiger charge is -2.10. The highest BCUT2D eigenvalue weighted by Crippen LogP contribution is 2.19. The van der Waals surface area contributed by atoms with E-state index in [4.69, 9.17) is 0 Å². The van der Waals surface area contributed by atoms with E-state index in [1.54, 1.807) is 0 Å². The van der Waals surface area contributed by atoms with Crippen molar-refractivity contribution in [2.45, 2.75) is 20.8 Å². The summed E-state index contributed by atoms with van der Waals surface area (Å²) in [6, 6.07) is 0. The third kappa shape index (κ3) is 3.98. The van der Waals surface area contributed by atoms with E-state index in [9.17, 15) is 0 Å². The van der Waals surface area contributed by atoms with Crippen LogP contribution in [0, 0.1) is 11.8 Å². The van der Waals surface area contributed by atoms with Crippen molar-refractivity contribution in [1.29, 1.82) is 0 Å². The van der Waals surface area contributed by atoms with Gasteiger partial charge in [-0.1, -0.05) is 80.2 Å². The molecule has 0 spiro atoms. The zero-order valence-electron chi connectivity index (χ0n) is 12.5. The van der Waals surface area contributed by atoms with Crippen molar-refractivity contribution in [3.05, 3.63) is 89.3 Å². The van der Waals surface area contributed by atoms with Crippen LogP contribution in [0.15, 0.2) is 89.3 Å². The van der Waals surface area contributed by atoms with Gasteiger partial charge in [-0.25, -0.2) is 0 Å². The second kappa shape index (κ2) is 6.93. The molecular weight excluding hydrogens is 240 g/mol. The van der Waals surface area contributed by atoms with Crippen LogP contribution in [0.2, 0.25) is 0 Å². The fourth-order valence-corrected chi connectivity index (χ4v) is 2.18. The van der Waals surface area contributed by atoms with Crippen LogP contribution in [0.5, 0.6) is 0 Å². The fourth-order valence-electron chi connectivity index (χ4n) is 2.18. The first-order chi connectivity index (χ1) is 9.66. The van der Waals surface area contributed by atoms with Crippen molar-refractivity contribution >= 4 is 0 Å². The average Bonchev–Trinajstić information content (AvgIpc) is 2.66. The van der Waals surface area contributed by atoms with Crippen LogP contribution in [-0.2, 0) is 0 Å². The Morgan fingerprint density at radius 1 is 1.20 bits per heavy atom. The molecule has 0 heteroatoms. The average molecular weight is 262 g/mol. The SMILES string of the molecule is CC1=CC=C=C(C(C)/C=C\C=C2\C=CC=CC2C)C=C1. The quantitative estimate of drug-likeness (QED) is 0.592. The van der Waals surface area contributed by atoms with Crippen LogP contribution >= 0.6 is 0 Å². The third-order valence-electron chi connectivity index (χ3n) is 3.63. The lowest BCUT2D eigenvalue weighted by atomic mass is 9.95. The summed E-state index contributed by atoms with van der Waals surface area (Å²) in [5, 5.41) is 0. The van der Waals surface area contributed by atoms with Gasteiger partial charge in [0.1, 0.15) is 0 Å². The van der Waals surface area contributed by atoms with Crippen molar-refractivity contribution in [3.63, 3.8) is 0 Å². The lowest BCUT2D eigenvalue weighted by molar-refractivity contribution is 0.878. The maximum Gasteiger partial charge on any atom is 0.00661 e. The summed E-state index contributed by atoms with van der Waals surface area (Å²) in [4.78, 5) is 0. The van der Waals surface area contributed by atoms with Crippen LogP contribution < -0.4 is 0 Å². The van der Waals surface area contributed by atoms with Crippen molar-refractivity contribution in [2.24, 2.45) is 11.8 Å². The molecular formula is C20H22. The van der Waals surface area contributed by atoms with E-state index in [-0.39, 0.29) is 0 Å². The molecule has 0 aromatic carbocycles. The van der Waals surface area contributed by atoms with E-state index in [1.165, 1.54) is 16.7 Å². The summed E-state index contributed by atoms with van der Waals surface area (Å²) in [5.74, 6) is 0.876. The minimum absolute atomic E-state index is 0.372. The molecule has 0 amide bonds. The molecule has 0 nitrogen and oxygen atoms in total. The first-order valence-corrected chi connectivity index (χ1v) is 7.21. The Morgan fingerprint density at radius 3 is 2.85 bits per heavy atom. The van der Waals surface area contributed by atoms with Crippen molar-refractivity contribution in [2.75, 3.05) is 0 Å². The van der Waals surface area contributed by atoms with Crippen LogP contribution in [0.4, 0.5) is 0 Å². The van der Waals surface area contributed by atoms with E-state index in [0.717, 1.165) is 0 Å². The molecule has 2 rings (SSSR count). The van der Waals surface area contributed by atoms with Crippen LogP contribution in [-0.4, -0.2) is 0 Å². The second-order valence-electron chi connectivity index (χ2n) is 5.38. The van der Waals surface area contributed by atoms with Gasteiger partial charge in [0.2, 0.25) is 0 Å². The van der Waals surface area contributed by atoms with E-state index in [2.05, 4.69) is 87.3 Å². The van der Waals surface area contributed by atoms with Gasteiger partial charge in [-0.15, -0.1) is 5.73 Å². The molecule has 0 saturated carbocycles. The molecule has 0 bridgehead atoms. The van der Waals surface area contributed by atoms with Gasteiger partial charge in [-0.3, -0.25) is 0 Å². The van der Waals surface area contributed by atoms with E-state index in [1.807, 2.05) is 6.08 Å². The Hall–Kier alpha value is -2.04. The number of hydrogen-bond acceptors (Lipinski definition) is 0. The summed E-state index contributed by atoms with van der Waals surface area (Å²) in [5.41, 5.74) is 7.18. The Balaban J connectivity index is 2.04. The molecule has 2 atom stereocenters. The van der Waals surface area contributed by atoms with Gasteiger partial charge >= 0.3 is 0 Å². The van der Waals surface area contributed by atoms with Gasteiger partial charge in [-0.2, -0.15) is 0 Å². The highest BCUT2D eigenvalue weighted by atomic mass is 14.1. The molecule has 2 unspecified atom stereocenters. The summed E-state index contributed by atoms with van der Waals surface area (Å²) in [7, 11) is 0. The molecule has 0 saturated heterocycles. The smallest absolute Gasteiger partial charge is 0.00661 e. The maximum absolute atomic E-state index is 3.34. The summed E-state index contributed by atoms with van der Waals surface area (Å²) in [6.07, 6.45) is 23.6. The third-order valence-corrected chi connectivity index (χ3v) is 3.63. The van der Waals surface area contributed by atoms with Crippen LogP contribution in [0.3, 0.4) is 0 Å². The van der Waals surface area contributed by atoms with Crippen LogP contribution in [0.25, 0.3) is 0 Å². The Labute approximate surface area is 122 Å². The molecule has 0 radical (unpaired) electrons. The largest absolute Gasteiger partial charge is 0.117 e. The lowest BCUT2D eigenvalue weighted by Crippen LogP contribution is -1.95. The number of rotatable bonds is 3. The zero-order chi connectivity index (χ0) is 14.4. The van der Waals surface area contributed by atoms with E-state index in [0.29, 0.717) is 11.8 Å². The van der Waals surface area contributed by atoms with Gasteiger partial charge in [0.15, 0.2) is 0 Å². The topological polar surface area (TPSA) is 0 Å². The Bertz CT molecular complexity index is 594. The van der Waals surface area contributed by atoms with Gasteiger partial charge in [0, 0.05) is 11.5 Å². The molecule has 0 aromatic rings. The zero-order valence-corrected chi connectivity index (χ0v) is 12.5. The first-order valence-electron chi connectivity index (χ1n) is 7.21. The summed E-state index contributed by atoms with van der Waals surface area (Å²) < 4.78 is 0. The van der Waals surface area contributed by atoms with E-state index >= 15 is 0 Å². The molecule has 2 aliphatic carbocycles. The second-order valence-corrected chi connectivity index (χ2v) is 5.38. The Morgan fingerprint density at radius 2 is 2.05 bits per heavy atom. The van der Waals surface area contributed by atoms with E-state index < -0.39 is 0 Å². The minimum Gasteiger partial charge on any atom is -0.117 e. The van der Waals surface area contributed by atoms with Gasteiger partial charge < -0.3 is 0 Å².